The Bertz CT molecular complexity index is 801. The van der Waals surface area contributed by atoms with Crippen LogP contribution in [0.15, 0.2) is 11.6 Å². The summed E-state index contributed by atoms with van der Waals surface area (Å²) in [4.78, 5) is 11.7. The van der Waals surface area contributed by atoms with Gasteiger partial charge in [-0.05, 0) is 77.2 Å². The van der Waals surface area contributed by atoms with Gasteiger partial charge in [-0.3, -0.25) is 0 Å². The Kier molecular flexibility index (Phi) is 18.5. The third-order valence-corrected chi connectivity index (χ3v) is 10.1. The van der Waals surface area contributed by atoms with E-state index in [1.54, 1.807) is 0 Å². The van der Waals surface area contributed by atoms with Crippen LogP contribution in [0.3, 0.4) is 0 Å². The smallest absolute Gasteiger partial charge is 0.334 e. The number of hydrogen-bond donors (Lipinski definition) is 3. The second-order valence-electron chi connectivity index (χ2n) is 14.0. The van der Waals surface area contributed by atoms with E-state index in [-0.39, 0.29) is 48.7 Å². The number of unbranched alkanes of at least 4 members (excludes halogenated alkanes) is 12. The highest BCUT2D eigenvalue weighted by molar-refractivity contribution is 5.90. The average Bonchev–Trinajstić information content (AvgIpc) is 3.76. The first kappa shape index (κ1) is 37.5. The maximum absolute atomic E-state index is 11.7. The van der Waals surface area contributed by atoms with Crippen LogP contribution < -0.4 is 0 Å². The number of carbonyl (C=O) groups is 1. The van der Waals surface area contributed by atoms with Gasteiger partial charge in [-0.15, -0.1) is 0 Å². The molecule has 0 aliphatic carbocycles. The van der Waals surface area contributed by atoms with Crippen LogP contribution in [0.5, 0.6) is 0 Å². The average molecular weight is 623 g/mol. The third-order valence-electron chi connectivity index (χ3n) is 10.1. The highest BCUT2D eigenvalue weighted by atomic mass is 16.6. The molecule has 0 aromatic rings. The molecule has 0 aromatic heterocycles. The zero-order valence-electron chi connectivity index (χ0n) is 28.1. The largest absolute Gasteiger partial charge is 0.455 e. The quantitative estimate of drug-likeness (QED) is 0.0703. The molecule has 3 N–H and O–H groups in total. The predicted molar refractivity (Wildman–Crippen MR) is 175 cm³/mol. The minimum atomic E-state index is -0.412. The van der Waals surface area contributed by atoms with Gasteiger partial charge >= 0.3 is 5.97 Å². The topological polar surface area (TPSA) is 105 Å². The first-order valence-corrected chi connectivity index (χ1v) is 18.6. The van der Waals surface area contributed by atoms with Gasteiger partial charge in [-0.2, -0.15) is 0 Å². The monoisotopic (exact) mass is 622 g/mol. The van der Waals surface area contributed by atoms with Crippen molar-refractivity contribution in [2.45, 2.75) is 217 Å². The van der Waals surface area contributed by atoms with E-state index in [0.29, 0.717) is 6.42 Å². The molecule has 44 heavy (non-hydrogen) atoms. The lowest BCUT2D eigenvalue weighted by Gasteiger charge is -2.24. The summed E-state index contributed by atoms with van der Waals surface area (Å²) in [5.41, 5.74) is 0.755. The van der Waals surface area contributed by atoms with E-state index < -0.39 is 6.10 Å². The predicted octanol–water partition coefficient (Wildman–Crippen LogP) is 7.86. The Hall–Kier alpha value is -0.990. The molecular weight excluding hydrogens is 556 g/mol. The molecule has 8 atom stereocenters. The molecule has 0 amide bonds. The number of esters is 1. The zero-order chi connectivity index (χ0) is 31.6. The highest BCUT2D eigenvalue weighted by Crippen LogP contribution is 2.34. The minimum Gasteiger partial charge on any atom is -0.455 e. The molecule has 0 bridgehead atoms. The van der Waals surface area contributed by atoms with Gasteiger partial charge in [0.15, 0.2) is 0 Å². The molecule has 2 fully saturated rings. The Labute approximate surface area is 268 Å². The fourth-order valence-corrected chi connectivity index (χ4v) is 7.28. The van der Waals surface area contributed by atoms with E-state index in [0.717, 1.165) is 108 Å². The van der Waals surface area contributed by atoms with Crippen molar-refractivity contribution in [1.82, 2.24) is 0 Å². The number of aliphatic hydroxyl groups is 3. The molecule has 7 nitrogen and oxygen atoms in total. The molecule has 0 saturated carbocycles. The number of rotatable bonds is 25. The second-order valence-corrected chi connectivity index (χ2v) is 14.0. The molecule has 0 radical (unpaired) electrons. The van der Waals surface area contributed by atoms with Gasteiger partial charge in [0, 0.05) is 5.57 Å². The Morgan fingerprint density at radius 2 is 1.11 bits per heavy atom. The zero-order valence-corrected chi connectivity index (χ0v) is 28.1. The number of ether oxygens (including phenoxy) is 3. The van der Waals surface area contributed by atoms with E-state index in [1.807, 2.05) is 13.0 Å². The molecule has 3 heterocycles. The van der Waals surface area contributed by atoms with Crippen LogP contribution in [-0.4, -0.2) is 70.1 Å². The summed E-state index contributed by atoms with van der Waals surface area (Å²) >= 11 is 0. The summed E-state index contributed by atoms with van der Waals surface area (Å²) in [7, 11) is 0. The maximum Gasteiger partial charge on any atom is 0.334 e. The van der Waals surface area contributed by atoms with Crippen LogP contribution in [0.4, 0.5) is 0 Å². The molecule has 0 spiro atoms. The molecule has 2 saturated heterocycles. The molecular formula is C37H66O7. The van der Waals surface area contributed by atoms with Crippen LogP contribution in [0.25, 0.3) is 0 Å². The normalized spacial score (nSPS) is 27.4. The van der Waals surface area contributed by atoms with Crippen molar-refractivity contribution in [3.63, 3.8) is 0 Å². The van der Waals surface area contributed by atoms with Gasteiger partial charge in [-0.1, -0.05) is 96.8 Å². The fourth-order valence-electron chi connectivity index (χ4n) is 7.28. The second kappa shape index (κ2) is 21.7. The maximum atomic E-state index is 11.7. The van der Waals surface area contributed by atoms with E-state index in [2.05, 4.69) is 6.92 Å². The van der Waals surface area contributed by atoms with Gasteiger partial charge in [-0.25, -0.2) is 4.79 Å². The van der Waals surface area contributed by atoms with Gasteiger partial charge < -0.3 is 29.5 Å². The highest BCUT2D eigenvalue weighted by Gasteiger charge is 2.40. The van der Waals surface area contributed by atoms with Crippen molar-refractivity contribution in [3.05, 3.63) is 11.6 Å². The van der Waals surface area contributed by atoms with E-state index >= 15 is 0 Å². The molecule has 3 rings (SSSR count). The first-order chi connectivity index (χ1) is 21.4. The van der Waals surface area contributed by atoms with Crippen LogP contribution in [-0.2, 0) is 19.0 Å². The van der Waals surface area contributed by atoms with Crippen molar-refractivity contribution in [1.29, 1.82) is 0 Å². The van der Waals surface area contributed by atoms with Gasteiger partial charge in [0.1, 0.15) is 6.10 Å². The van der Waals surface area contributed by atoms with Gasteiger partial charge in [0.05, 0.1) is 42.7 Å². The van der Waals surface area contributed by atoms with Gasteiger partial charge in [0.2, 0.25) is 0 Å². The summed E-state index contributed by atoms with van der Waals surface area (Å²) in [6.07, 6.45) is 25.8. The van der Waals surface area contributed by atoms with Crippen LogP contribution in [0.2, 0.25) is 0 Å². The lowest BCUT2D eigenvalue weighted by Crippen LogP contribution is -2.33. The standard InChI is InChI=1S/C37H66O7/c1-3-4-5-6-7-8-12-15-21-31(39)33-23-25-35(43-33)36-26-24-34(44-36)32(40)22-16-13-10-9-11-14-19-30(38)20-17-18-29-27-28(2)42-37(29)41/h27-28,30-36,38-40H,3-26H2,1-2H3/t28-,30+,31+,32+,33+,34+,35+,36+/m0/s1. The van der Waals surface area contributed by atoms with Gasteiger partial charge in [0.25, 0.3) is 0 Å². The molecule has 256 valence electrons. The van der Waals surface area contributed by atoms with Crippen LogP contribution in [0.1, 0.15) is 168 Å². The summed E-state index contributed by atoms with van der Waals surface area (Å²) < 4.78 is 17.7. The number of aliphatic hydroxyl groups excluding tert-OH is 3. The summed E-state index contributed by atoms with van der Waals surface area (Å²) in [5, 5.41) is 31.7. The van der Waals surface area contributed by atoms with Crippen molar-refractivity contribution in [2.24, 2.45) is 0 Å². The van der Waals surface area contributed by atoms with E-state index in [1.165, 1.54) is 44.9 Å². The Morgan fingerprint density at radius 3 is 1.59 bits per heavy atom. The van der Waals surface area contributed by atoms with Crippen molar-refractivity contribution < 1.29 is 34.3 Å². The Balaban J connectivity index is 1.13. The molecule has 0 aromatic carbocycles. The van der Waals surface area contributed by atoms with E-state index in [4.69, 9.17) is 14.2 Å². The Morgan fingerprint density at radius 1 is 0.659 bits per heavy atom. The third kappa shape index (κ3) is 14.2. The van der Waals surface area contributed by atoms with Crippen molar-refractivity contribution in [2.75, 3.05) is 0 Å². The molecule has 3 aliphatic heterocycles. The SMILES string of the molecule is CCCCCCCCCC[C@@H](O)[C@H]1CC[C@H]([C@H]2CC[C@H]([C@H](O)CCCCCCCC[C@@H](O)CCCC3=C[C@H](C)OC3=O)O2)O1. The summed E-state index contributed by atoms with van der Waals surface area (Å²) in [5.74, 6) is -0.201. The minimum absolute atomic E-state index is 0.0466. The summed E-state index contributed by atoms with van der Waals surface area (Å²) in [6, 6.07) is 0. The molecule has 7 heteroatoms. The van der Waals surface area contributed by atoms with Crippen molar-refractivity contribution >= 4 is 5.97 Å². The lowest BCUT2D eigenvalue weighted by molar-refractivity contribution is -0.139. The van der Waals surface area contributed by atoms with Crippen LogP contribution >= 0.6 is 0 Å². The number of carbonyl (C=O) groups excluding carboxylic acids is 1. The number of hydrogen-bond acceptors (Lipinski definition) is 7. The first-order valence-electron chi connectivity index (χ1n) is 18.6. The molecule has 0 unspecified atom stereocenters. The fraction of sp³-hybridized carbons (Fsp3) is 0.919. The van der Waals surface area contributed by atoms with E-state index in [9.17, 15) is 20.1 Å². The summed E-state index contributed by atoms with van der Waals surface area (Å²) in [6.45, 7) is 4.12. The lowest BCUT2D eigenvalue weighted by atomic mass is 10.00. The van der Waals surface area contributed by atoms with Crippen LogP contribution in [0, 0.1) is 0 Å². The number of cyclic esters (lactones) is 1. The molecule has 3 aliphatic rings. The van der Waals surface area contributed by atoms with Crippen molar-refractivity contribution in [3.8, 4) is 0 Å².